The number of benzene rings is 1. The topological polar surface area (TPSA) is 89.0 Å². The molecule has 0 saturated heterocycles. The lowest BCUT2D eigenvalue weighted by Gasteiger charge is -2.12. The van der Waals surface area contributed by atoms with Crippen LogP contribution in [0.3, 0.4) is 0 Å². The summed E-state index contributed by atoms with van der Waals surface area (Å²) in [6.45, 7) is 5.79. The van der Waals surface area contributed by atoms with E-state index in [2.05, 4.69) is 20.2 Å². The highest BCUT2D eigenvalue weighted by Crippen LogP contribution is 2.27. The second-order valence-electron chi connectivity index (χ2n) is 6.13. The van der Waals surface area contributed by atoms with Gasteiger partial charge in [0.2, 0.25) is 0 Å². The van der Waals surface area contributed by atoms with Gasteiger partial charge >= 0.3 is 11.7 Å². The average molecular weight is 358 g/mol. The molecule has 0 aliphatic carbocycles. The predicted molar refractivity (Wildman–Crippen MR) is 96.3 cm³/mol. The van der Waals surface area contributed by atoms with Crippen LogP contribution in [0.2, 0.25) is 0 Å². The van der Waals surface area contributed by atoms with Crippen LogP contribution in [0.15, 0.2) is 35.3 Å². The maximum absolute atomic E-state index is 12.3. The van der Waals surface area contributed by atoms with Crippen molar-refractivity contribution in [2.24, 2.45) is 0 Å². The Morgan fingerprint density at radius 3 is 2.85 bits per heavy atom. The average Bonchev–Trinajstić information content (AvgIpc) is 2.99. The van der Waals surface area contributed by atoms with Crippen molar-refractivity contribution < 1.29 is 14.3 Å². The number of hydrogen-bond acceptors (Lipinski definition) is 5. The van der Waals surface area contributed by atoms with Crippen molar-refractivity contribution in [1.29, 1.82) is 0 Å². The van der Waals surface area contributed by atoms with Crippen molar-refractivity contribution in [3.05, 3.63) is 52.1 Å². The molecule has 0 fully saturated rings. The molecule has 0 spiro atoms. The van der Waals surface area contributed by atoms with E-state index in [9.17, 15) is 14.1 Å². The molecule has 3 aromatic rings. The molecular weight excluding hydrogens is 339 g/mol. The molecule has 0 radical (unpaired) electrons. The fourth-order valence-corrected chi connectivity index (χ4v) is 2.79. The van der Waals surface area contributed by atoms with Gasteiger partial charge in [0.1, 0.15) is 5.52 Å². The van der Waals surface area contributed by atoms with Gasteiger partial charge in [-0.1, -0.05) is 13.0 Å². The lowest BCUT2D eigenvalue weighted by atomic mass is 10.1. The van der Waals surface area contributed by atoms with Crippen LogP contribution in [-0.2, 0) is 4.94 Å². The molecule has 1 atom stereocenters. The first-order valence-electron chi connectivity index (χ1n) is 8.26. The van der Waals surface area contributed by atoms with Crippen molar-refractivity contribution >= 4 is 28.5 Å². The summed E-state index contributed by atoms with van der Waals surface area (Å²) in [5.74, 6) is -1.07. The van der Waals surface area contributed by atoms with Gasteiger partial charge in [-0.15, -0.1) is 0 Å². The number of pyridine rings is 1. The fourth-order valence-electron chi connectivity index (χ4n) is 2.79. The van der Waals surface area contributed by atoms with Gasteiger partial charge in [0.05, 0.1) is 11.3 Å². The zero-order valence-electron chi connectivity index (χ0n) is 14.7. The first-order valence-corrected chi connectivity index (χ1v) is 8.26. The second-order valence-corrected chi connectivity index (χ2v) is 6.13. The molecule has 136 valence electrons. The third kappa shape index (κ3) is 3.05. The van der Waals surface area contributed by atoms with Gasteiger partial charge in [-0.3, -0.25) is 4.57 Å². The van der Waals surface area contributed by atoms with Gasteiger partial charge in [0, 0.05) is 22.5 Å². The largest absolute Gasteiger partial charge is 0.379 e. The Morgan fingerprint density at radius 2 is 2.15 bits per heavy atom. The number of carbonyl (C=O) groups excluding carboxylic acids is 1. The Labute approximate surface area is 148 Å². The number of nitrogens with zero attached hydrogens (tertiary/aromatic N) is 2. The third-order valence-corrected chi connectivity index (χ3v) is 4.45. The maximum atomic E-state index is 12.3. The lowest BCUT2D eigenvalue weighted by Crippen LogP contribution is -2.20. The zero-order valence-corrected chi connectivity index (χ0v) is 14.7. The number of aromatic amines is 1. The van der Waals surface area contributed by atoms with E-state index >= 15 is 0 Å². The molecule has 0 amide bonds. The number of H-pyrrole nitrogens is 1. The first kappa shape index (κ1) is 17.7. The molecule has 0 bridgehead atoms. The van der Waals surface area contributed by atoms with Crippen LogP contribution in [0.25, 0.3) is 11.2 Å². The van der Waals surface area contributed by atoms with E-state index in [-0.39, 0.29) is 17.3 Å². The zero-order chi connectivity index (χ0) is 18.8. The van der Waals surface area contributed by atoms with Crippen LogP contribution in [-0.4, -0.2) is 20.5 Å². The molecule has 26 heavy (non-hydrogen) atoms. The van der Waals surface area contributed by atoms with Crippen molar-refractivity contribution in [3.8, 4) is 0 Å². The molecule has 0 aliphatic rings. The second kappa shape index (κ2) is 6.99. The normalized spacial score (nSPS) is 12.2. The van der Waals surface area contributed by atoms with Crippen molar-refractivity contribution in [3.63, 3.8) is 0 Å². The molecule has 2 N–H and O–H groups in total. The van der Waals surface area contributed by atoms with Crippen LogP contribution >= 0.6 is 0 Å². The van der Waals surface area contributed by atoms with Crippen LogP contribution in [0.4, 0.5) is 15.9 Å². The molecule has 0 aliphatic heterocycles. The summed E-state index contributed by atoms with van der Waals surface area (Å²) in [6, 6.07) is 6.38. The summed E-state index contributed by atoms with van der Waals surface area (Å²) in [5, 5.41) is 3.18. The Hall–Kier alpha value is -3.16. The van der Waals surface area contributed by atoms with Crippen LogP contribution < -0.4 is 11.0 Å². The minimum Gasteiger partial charge on any atom is -0.353 e. The minimum absolute atomic E-state index is 0.00314. The Bertz CT molecular complexity index is 1020. The van der Waals surface area contributed by atoms with E-state index in [1.807, 2.05) is 20.8 Å². The highest BCUT2D eigenvalue weighted by atomic mass is 19.3. The number of imidazole rings is 1. The number of anilines is 2. The maximum Gasteiger partial charge on any atom is 0.379 e. The van der Waals surface area contributed by atoms with Crippen LogP contribution in [0, 0.1) is 6.92 Å². The van der Waals surface area contributed by atoms with Gasteiger partial charge < -0.3 is 10.3 Å². The molecular formula is C18H19FN4O3. The monoisotopic (exact) mass is 358 g/mol. The van der Waals surface area contributed by atoms with Gasteiger partial charge in [0.25, 0.3) is 0 Å². The Morgan fingerprint density at radius 1 is 1.38 bits per heavy atom. The molecule has 3 rings (SSSR count). The van der Waals surface area contributed by atoms with E-state index in [0.717, 1.165) is 12.0 Å². The standard InChI is InChI=1S/C18H19FN4O3/c1-4-11(3)23-16-15(22-18(23)25)13(7-8-20-16)21-14-9-12(17(24)26-19)6-5-10(14)2/h5-9,11H,4H2,1-3H3,(H,20,21)(H,22,25). The highest BCUT2D eigenvalue weighted by Gasteiger charge is 2.16. The van der Waals surface area contributed by atoms with Gasteiger partial charge in [-0.05, 0) is 44.0 Å². The molecule has 8 heteroatoms. The smallest absolute Gasteiger partial charge is 0.353 e. The molecule has 2 aromatic heterocycles. The van der Waals surface area contributed by atoms with E-state index in [1.54, 1.807) is 22.9 Å². The highest BCUT2D eigenvalue weighted by molar-refractivity contribution is 5.92. The van der Waals surface area contributed by atoms with Gasteiger partial charge in [-0.2, -0.15) is 0 Å². The molecule has 2 heterocycles. The number of halogens is 1. The van der Waals surface area contributed by atoms with Crippen molar-refractivity contribution in [2.45, 2.75) is 33.2 Å². The van der Waals surface area contributed by atoms with Gasteiger partial charge in [0.15, 0.2) is 5.65 Å². The number of aryl methyl sites for hydroxylation is 1. The van der Waals surface area contributed by atoms with Gasteiger partial charge in [-0.25, -0.2) is 19.5 Å². The summed E-state index contributed by atoms with van der Waals surface area (Å²) in [7, 11) is 0. The molecule has 1 aromatic carbocycles. The predicted octanol–water partition coefficient (Wildman–Crippen LogP) is 3.79. The summed E-state index contributed by atoms with van der Waals surface area (Å²) in [4.78, 5) is 34.2. The number of carbonyl (C=O) groups is 1. The lowest BCUT2D eigenvalue weighted by molar-refractivity contribution is -0.0787. The fraction of sp³-hybridized carbons (Fsp3) is 0.278. The summed E-state index contributed by atoms with van der Waals surface area (Å²) in [6.07, 6.45) is 2.39. The summed E-state index contributed by atoms with van der Waals surface area (Å²) in [5.41, 5.74) is 3.02. The van der Waals surface area contributed by atoms with E-state index in [4.69, 9.17) is 0 Å². The summed E-state index contributed by atoms with van der Waals surface area (Å²) < 4.78 is 13.8. The number of aromatic nitrogens is 3. The number of rotatable bonds is 5. The van der Waals surface area contributed by atoms with E-state index in [1.165, 1.54) is 12.1 Å². The Balaban J connectivity index is 2.08. The van der Waals surface area contributed by atoms with Crippen LogP contribution in [0.5, 0.6) is 0 Å². The van der Waals surface area contributed by atoms with E-state index < -0.39 is 5.97 Å². The quantitative estimate of drug-likeness (QED) is 0.724. The SMILES string of the molecule is CCC(C)n1c(=O)[nH]c2c(Nc3cc(C(=O)OF)ccc3C)ccnc21. The minimum atomic E-state index is -1.07. The van der Waals surface area contributed by atoms with Crippen molar-refractivity contribution in [1.82, 2.24) is 14.5 Å². The number of fused-ring (bicyclic) bond motifs is 1. The number of hydrogen-bond donors (Lipinski definition) is 2. The summed E-state index contributed by atoms with van der Waals surface area (Å²) >= 11 is 0. The van der Waals surface area contributed by atoms with E-state index in [0.29, 0.717) is 22.5 Å². The van der Waals surface area contributed by atoms with Crippen LogP contribution in [0.1, 0.15) is 42.2 Å². The molecule has 1 unspecified atom stereocenters. The first-order chi connectivity index (χ1) is 12.5. The van der Waals surface area contributed by atoms with Crippen molar-refractivity contribution in [2.75, 3.05) is 5.32 Å². The molecule has 0 saturated carbocycles. The molecule has 7 nitrogen and oxygen atoms in total. The Kier molecular flexibility index (Phi) is 4.75. The third-order valence-electron chi connectivity index (χ3n) is 4.45. The number of nitrogens with one attached hydrogen (secondary N) is 2.